The van der Waals surface area contributed by atoms with Crippen molar-refractivity contribution in [1.29, 1.82) is 0 Å². The molecule has 0 bridgehead atoms. The maximum atomic E-state index is 11.4. The number of carbonyl (C=O) groups excluding carboxylic acids is 1. The van der Waals surface area contributed by atoms with Crippen LogP contribution >= 0.6 is 0 Å². The van der Waals surface area contributed by atoms with Crippen LogP contribution in [0.15, 0.2) is 34.9 Å². The lowest BCUT2D eigenvalue weighted by Gasteiger charge is -2.00. The van der Waals surface area contributed by atoms with Gasteiger partial charge in [0.1, 0.15) is 12.1 Å². The first-order valence-corrected chi connectivity index (χ1v) is 5.10. The van der Waals surface area contributed by atoms with Gasteiger partial charge in [-0.3, -0.25) is 9.59 Å². The predicted octanol–water partition coefficient (Wildman–Crippen LogP) is 1.18. The SMILES string of the molecule is O=C(O)CNC(=O)Cc1coc2ccccc12. The first kappa shape index (κ1) is 11.2. The number of hydrogen-bond donors (Lipinski definition) is 2. The number of rotatable bonds is 4. The van der Waals surface area contributed by atoms with Crippen LogP contribution in [0.3, 0.4) is 0 Å². The Balaban J connectivity index is 2.08. The normalized spacial score (nSPS) is 10.4. The number of aliphatic carboxylic acids is 1. The maximum absolute atomic E-state index is 11.4. The van der Waals surface area contributed by atoms with Gasteiger partial charge in [-0.2, -0.15) is 0 Å². The van der Waals surface area contributed by atoms with E-state index in [2.05, 4.69) is 5.32 Å². The molecular formula is C12H11NO4. The molecule has 0 aliphatic heterocycles. The van der Waals surface area contributed by atoms with Crippen molar-refractivity contribution in [3.8, 4) is 0 Å². The van der Waals surface area contributed by atoms with Gasteiger partial charge in [0.25, 0.3) is 0 Å². The van der Waals surface area contributed by atoms with E-state index < -0.39 is 5.97 Å². The molecule has 0 saturated heterocycles. The van der Waals surface area contributed by atoms with E-state index in [1.807, 2.05) is 24.3 Å². The standard InChI is InChI=1S/C12H11NO4/c14-11(13-6-12(15)16)5-8-7-17-10-4-2-1-3-9(8)10/h1-4,7H,5-6H2,(H,13,14)(H,15,16). The van der Waals surface area contributed by atoms with Crippen molar-refractivity contribution in [2.75, 3.05) is 6.54 Å². The van der Waals surface area contributed by atoms with Crippen LogP contribution in [0, 0.1) is 0 Å². The average molecular weight is 233 g/mol. The van der Waals surface area contributed by atoms with Crippen molar-refractivity contribution in [3.05, 3.63) is 36.1 Å². The second-order valence-electron chi connectivity index (χ2n) is 3.60. The Bertz CT molecular complexity index is 558. The van der Waals surface area contributed by atoms with Crippen molar-refractivity contribution in [1.82, 2.24) is 5.32 Å². The largest absolute Gasteiger partial charge is 0.480 e. The average Bonchev–Trinajstić information content (AvgIpc) is 2.70. The summed E-state index contributed by atoms with van der Waals surface area (Å²) in [5.41, 5.74) is 1.47. The molecule has 0 spiro atoms. The maximum Gasteiger partial charge on any atom is 0.322 e. The second-order valence-corrected chi connectivity index (χ2v) is 3.60. The number of carbonyl (C=O) groups is 2. The van der Waals surface area contributed by atoms with E-state index in [4.69, 9.17) is 9.52 Å². The minimum absolute atomic E-state index is 0.115. The number of nitrogens with one attached hydrogen (secondary N) is 1. The molecule has 5 heteroatoms. The third kappa shape index (κ3) is 2.63. The van der Waals surface area contributed by atoms with E-state index in [1.165, 1.54) is 6.26 Å². The molecule has 1 aromatic carbocycles. The van der Waals surface area contributed by atoms with Crippen molar-refractivity contribution in [2.45, 2.75) is 6.42 Å². The van der Waals surface area contributed by atoms with Crippen LogP contribution in [0.25, 0.3) is 11.0 Å². The zero-order chi connectivity index (χ0) is 12.3. The molecule has 2 N–H and O–H groups in total. The van der Waals surface area contributed by atoms with Gasteiger partial charge in [-0.05, 0) is 6.07 Å². The number of carboxylic acids is 1. The minimum Gasteiger partial charge on any atom is -0.480 e. The smallest absolute Gasteiger partial charge is 0.322 e. The molecule has 1 aromatic heterocycles. The lowest BCUT2D eigenvalue weighted by atomic mass is 10.1. The number of furan rings is 1. The van der Waals surface area contributed by atoms with Crippen LogP contribution < -0.4 is 5.32 Å². The molecule has 2 rings (SSSR count). The summed E-state index contributed by atoms with van der Waals surface area (Å²) in [6.45, 7) is -0.366. The number of carboxylic acid groups (broad SMARTS) is 1. The quantitative estimate of drug-likeness (QED) is 0.830. The molecule has 0 saturated carbocycles. The topological polar surface area (TPSA) is 79.5 Å². The summed E-state index contributed by atoms with van der Waals surface area (Å²) >= 11 is 0. The molecule has 0 unspecified atom stereocenters. The van der Waals surface area contributed by atoms with Crippen LogP contribution in [0.4, 0.5) is 0 Å². The summed E-state index contributed by atoms with van der Waals surface area (Å²) in [5.74, 6) is -1.39. The Kier molecular flexibility index (Phi) is 3.09. The van der Waals surface area contributed by atoms with E-state index in [0.29, 0.717) is 5.58 Å². The van der Waals surface area contributed by atoms with Gasteiger partial charge in [-0.1, -0.05) is 18.2 Å². The highest BCUT2D eigenvalue weighted by molar-refractivity contribution is 5.88. The zero-order valence-electron chi connectivity index (χ0n) is 8.97. The molecule has 0 atom stereocenters. The van der Waals surface area contributed by atoms with E-state index in [-0.39, 0.29) is 18.9 Å². The highest BCUT2D eigenvalue weighted by Crippen LogP contribution is 2.20. The molecule has 1 amide bonds. The molecule has 88 valence electrons. The van der Waals surface area contributed by atoms with E-state index >= 15 is 0 Å². The van der Waals surface area contributed by atoms with Crippen molar-refractivity contribution >= 4 is 22.8 Å². The van der Waals surface area contributed by atoms with Crippen LogP contribution in [-0.4, -0.2) is 23.5 Å². The molecule has 0 aliphatic rings. The Morgan fingerprint density at radius 3 is 2.82 bits per heavy atom. The highest BCUT2D eigenvalue weighted by atomic mass is 16.4. The summed E-state index contributed by atoms with van der Waals surface area (Å²) in [4.78, 5) is 21.7. The molecule has 0 radical (unpaired) electrons. The van der Waals surface area contributed by atoms with Crippen LogP contribution in [-0.2, 0) is 16.0 Å². The lowest BCUT2D eigenvalue weighted by molar-refractivity contribution is -0.137. The van der Waals surface area contributed by atoms with Gasteiger partial charge < -0.3 is 14.8 Å². The van der Waals surface area contributed by atoms with E-state index in [0.717, 1.165) is 10.9 Å². The predicted molar refractivity (Wildman–Crippen MR) is 60.6 cm³/mol. The Labute approximate surface area is 97.0 Å². The minimum atomic E-state index is -1.06. The molecule has 5 nitrogen and oxygen atoms in total. The van der Waals surface area contributed by atoms with Crippen molar-refractivity contribution in [3.63, 3.8) is 0 Å². The third-order valence-electron chi connectivity index (χ3n) is 2.35. The van der Waals surface area contributed by atoms with Gasteiger partial charge in [0.05, 0.1) is 12.7 Å². The van der Waals surface area contributed by atoms with Gasteiger partial charge in [-0.15, -0.1) is 0 Å². The first-order chi connectivity index (χ1) is 8.16. The second kappa shape index (κ2) is 4.69. The summed E-state index contributed by atoms with van der Waals surface area (Å²) in [6, 6.07) is 7.38. The summed E-state index contributed by atoms with van der Waals surface area (Å²) < 4.78 is 5.28. The zero-order valence-corrected chi connectivity index (χ0v) is 8.97. The van der Waals surface area contributed by atoms with Crippen LogP contribution in [0.5, 0.6) is 0 Å². The Hall–Kier alpha value is -2.30. The first-order valence-electron chi connectivity index (χ1n) is 5.10. The molecule has 0 fully saturated rings. The van der Waals surface area contributed by atoms with Gasteiger partial charge in [0.15, 0.2) is 0 Å². The van der Waals surface area contributed by atoms with E-state index in [9.17, 15) is 9.59 Å². The van der Waals surface area contributed by atoms with Crippen molar-refractivity contribution in [2.24, 2.45) is 0 Å². The molecule has 1 heterocycles. The Morgan fingerprint density at radius 1 is 1.29 bits per heavy atom. The fourth-order valence-corrected chi connectivity index (χ4v) is 1.58. The van der Waals surface area contributed by atoms with Gasteiger partial charge in [-0.25, -0.2) is 0 Å². The van der Waals surface area contributed by atoms with Crippen LogP contribution in [0.2, 0.25) is 0 Å². The highest BCUT2D eigenvalue weighted by Gasteiger charge is 2.10. The fourth-order valence-electron chi connectivity index (χ4n) is 1.58. The number of para-hydroxylation sites is 1. The number of hydrogen-bond acceptors (Lipinski definition) is 3. The molecule has 2 aromatic rings. The van der Waals surface area contributed by atoms with Crippen molar-refractivity contribution < 1.29 is 19.1 Å². The number of amides is 1. The van der Waals surface area contributed by atoms with Crippen LogP contribution in [0.1, 0.15) is 5.56 Å². The fraction of sp³-hybridized carbons (Fsp3) is 0.167. The van der Waals surface area contributed by atoms with Gasteiger partial charge >= 0.3 is 5.97 Å². The summed E-state index contributed by atoms with van der Waals surface area (Å²) in [5, 5.41) is 11.6. The Morgan fingerprint density at radius 2 is 2.06 bits per heavy atom. The van der Waals surface area contributed by atoms with E-state index in [1.54, 1.807) is 0 Å². The molecule has 0 aliphatic carbocycles. The lowest BCUT2D eigenvalue weighted by Crippen LogP contribution is -2.30. The van der Waals surface area contributed by atoms with Gasteiger partial charge in [0.2, 0.25) is 5.91 Å². The number of benzene rings is 1. The summed E-state index contributed by atoms with van der Waals surface area (Å²) in [7, 11) is 0. The molecule has 17 heavy (non-hydrogen) atoms. The molecular weight excluding hydrogens is 222 g/mol. The van der Waals surface area contributed by atoms with Gasteiger partial charge in [0, 0.05) is 10.9 Å². The number of fused-ring (bicyclic) bond motifs is 1. The third-order valence-corrected chi connectivity index (χ3v) is 2.35. The summed E-state index contributed by atoms with van der Waals surface area (Å²) in [6.07, 6.45) is 1.63. The monoisotopic (exact) mass is 233 g/mol.